The van der Waals surface area contributed by atoms with E-state index in [4.69, 9.17) is 16.0 Å². The number of carbonyl (C=O) groups is 3. The Labute approximate surface area is 158 Å². The smallest absolute Gasteiger partial charge is 0.328 e. The van der Waals surface area contributed by atoms with Gasteiger partial charge in [0.05, 0.1) is 12.0 Å². The van der Waals surface area contributed by atoms with Crippen LogP contribution in [0.3, 0.4) is 0 Å². The van der Waals surface area contributed by atoms with E-state index in [-0.39, 0.29) is 4.91 Å². The van der Waals surface area contributed by atoms with Crippen LogP contribution in [0.5, 0.6) is 0 Å². The van der Waals surface area contributed by atoms with Gasteiger partial charge >= 0.3 is 5.97 Å². The molecule has 0 unspecified atom stereocenters. The summed E-state index contributed by atoms with van der Waals surface area (Å²) in [7, 11) is 1.20. The van der Waals surface area contributed by atoms with E-state index >= 15 is 0 Å². The van der Waals surface area contributed by atoms with E-state index in [1.165, 1.54) is 20.1 Å². The highest BCUT2D eigenvalue weighted by Gasteiger charge is 2.41. The Morgan fingerprint density at radius 1 is 1.23 bits per heavy atom. The predicted molar refractivity (Wildman–Crippen MR) is 98.4 cm³/mol. The van der Waals surface area contributed by atoms with Crippen molar-refractivity contribution in [2.45, 2.75) is 13.0 Å². The Balaban J connectivity index is 1.83. The van der Waals surface area contributed by atoms with Crippen molar-refractivity contribution in [2.75, 3.05) is 7.11 Å². The monoisotopic (exact) mass is 391 g/mol. The molecule has 1 atom stereocenters. The Morgan fingerprint density at radius 2 is 1.92 bits per heavy atom. The molecule has 2 amide bonds. The van der Waals surface area contributed by atoms with Crippen molar-refractivity contribution in [3.8, 4) is 11.3 Å². The fourth-order valence-electron chi connectivity index (χ4n) is 2.42. The number of furan rings is 1. The molecule has 134 valence electrons. The van der Waals surface area contributed by atoms with Gasteiger partial charge in [-0.05, 0) is 55.1 Å². The summed E-state index contributed by atoms with van der Waals surface area (Å²) in [5.41, 5.74) is 0.835. The molecule has 0 saturated carbocycles. The molecule has 26 heavy (non-hydrogen) atoms. The average molecular weight is 392 g/mol. The van der Waals surface area contributed by atoms with Crippen molar-refractivity contribution >= 4 is 46.6 Å². The summed E-state index contributed by atoms with van der Waals surface area (Å²) in [6.07, 6.45) is 1.48. The molecule has 0 spiro atoms. The Bertz CT molecular complexity index is 903. The molecule has 0 N–H and O–H groups in total. The second-order valence-corrected chi connectivity index (χ2v) is 6.89. The van der Waals surface area contributed by atoms with Gasteiger partial charge in [0.15, 0.2) is 0 Å². The molecule has 0 radical (unpaired) electrons. The highest BCUT2D eigenvalue weighted by molar-refractivity contribution is 8.18. The van der Waals surface area contributed by atoms with Crippen LogP contribution >= 0.6 is 23.4 Å². The van der Waals surface area contributed by atoms with Crippen molar-refractivity contribution < 1.29 is 23.5 Å². The molecule has 1 aliphatic heterocycles. The number of benzene rings is 1. The van der Waals surface area contributed by atoms with Gasteiger partial charge in [-0.25, -0.2) is 4.79 Å². The van der Waals surface area contributed by atoms with E-state index in [1.54, 1.807) is 24.3 Å². The molecule has 2 aromatic rings. The molecule has 6 nitrogen and oxygen atoms in total. The van der Waals surface area contributed by atoms with Crippen LogP contribution in [-0.4, -0.2) is 35.2 Å². The zero-order chi connectivity index (χ0) is 18.8. The molecule has 3 rings (SSSR count). The first-order valence-corrected chi connectivity index (χ1v) is 8.81. The van der Waals surface area contributed by atoms with Crippen LogP contribution in [0.1, 0.15) is 12.7 Å². The molecule has 0 bridgehead atoms. The molecular formula is C18H14ClNO5S. The third kappa shape index (κ3) is 3.54. The quantitative estimate of drug-likeness (QED) is 0.574. The molecule has 1 aromatic carbocycles. The number of imide groups is 1. The van der Waals surface area contributed by atoms with Crippen LogP contribution < -0.4 is 0 Å². The SMILES string of the molecule is COC(=O)[C@H](C)N1C(=O)S/C(=C/c2ccc(-c3ccc(Cl)cc3)o2)C1=O. The number of ether oxygens (including phenoxy) is 1. The topological polar surface area (TPSA) is 76.8 Å². The first-order valence-electron chi connectivity index (χ1n) is 7.61. The molecule has 8 heteroatoms. The van der Waals surface area contributed by atoms with E-state index in [0.717, 1.165) is 22.2 Å². The van der Waals surface area contributed by atoms with Gasteiger partial charge in [0.1, 0.15) is 17.6 Å². The minimum atomic E-state index is -0.986. The maximum Gasteiger partial charge on any atom is 0.328 e. The molecule has 1 saturated heterocycles. The lowest BCUT2D eigenvalue weighted by Crippen LogP contribution is -2.42. The van der Waals surface area contributed by atoms with Gasteiger partial charge in [-0.1, -0.05) is 11.6 Å². The lowest BCUT2D eigenvalue weighted by Gasteiger charge is -2.18. The van der Waals surface area contributed by atoms with E-state index in [2.05, 4.69) is 4.74 Å². The molecule has 1 fully saturated rings. The summed E-state index contributed by atoms with van der Waals surface area (Å²) in [5.74, 6) is -0.180. The summed E-state index contributed by atoms with van der Waals surface area (Å²) in [6, 6.07) is 9.60. The van der Waals surface area contributed by atoms with Crippen molar-refractivity contribution in [1.82, 2.24) is 4.90 Å². The number of nitrogens with zero attached hydrogens (tertiary/aromatic N) is 1. The Hall–Kier alpha value is -2.51. The van der Waals surface area contributed by atoms with Crippen molar-refractivity contribution in [1.29, 1.82) is 0 Å². The number of esters is 1. The van der Waals surface area contributed by atoms with Gasteiger partial charge in [0, 0.05) is 16.7 Å². The van der Waals surface area contributed by atoms with Crippen LogP contribution in [0, 0.1) is 0 Å². The van der Waals surface area contributed by atoms with Gasteiger partial charge in [-0.2, -0.15) is 0 Å². The summed E-state index contributed by atoms with van der Waals surface area (Å²) >= 11 is 6.62. The Kier molecular flexibility index (Phi) is 5.20. The first kappa shape index (κ1) is 18.3. The van der Waals surface area contributed by atoms with Crippen LogP contribution in [0.2, 0.25) is 5.02 Å². The average Bonchev–Trinajstić information content (AvgIpc) is 3.19. The highest BCUT2D eigenvalue weighted by atomic mass is 35.5. The lowest BCUT2D eigenvalue weighted by molar-refractivity contribution is -0.148. The van der Waals surface area contributed by atoms with E-state index in [1.807, 2.05) is 12.1 Å². The summed E-state index contributed by atoms with van der Waals surface area (Å²) in [6.45, 7) is 1.44. The summed E-state index contributed by atoms with van der Waals surface area (Å²) < 4.78 is 10.3. The predicted octanol–water partition coefficient (Wildman–Crippen LogP) is 4.20. The second kappa shape index (κ2) is 7.39. The number of carbonyl (C=O) groups excluding carboxylic acids is 3. The maximum atomic E-state index is 12.4. The van der Waals surface area contributed by atoms with Crippen molar-refractivity contribution in [2.24, 2.45) is 0 Å². The normalized spacial score (nSPS) is 17.0. The summed E-state index contributed by atoms with van der Waals surface area (Å²) in [5, 5.41) is 0.0950. The maximum absolute atomic E-state index is 12.4. The third-order valence-electron chi connectivity index (χ3n) is 3.78. The van der Waals surface area contributed by atoms with Gasteiger partial charge in [-0.15, -0.1) is 0 Å². The molecular weight excluding hydrogens is 378 g/mol. The zero-order valence-corrected chi connectivity index (χ0v) is 15.5. The van der Waals surface area contributed by atoms with Gasteiger partial charge in [-0.3, -0.25) is 14.5 Å². The zero-order valence-electron chi connectivity index (χ0n) is 13.9. The third-order valence-corrected chi connectivity index (χ3v) is 4.92. The Morgan fingerprint density at radius 3 is 2.58 bits per heavy atom. The first-order chi connectivity index (χ1) is 12.4. The lowest BCUT2D eigenvalue weighted by atomic mass is 10.2. The van der Waals surface area contributed by atoms with Crippen LogP contribution in [0.25, 0.3) is 17.4 Å². The number of thioether (sulfide) groups is 1. The molecule has 0 aliphatic carbocycles. The van der Waals surface area contributed by atoms with Gasteiger partial charge < -0.3 is 9.15 Å². The van der Waals surface area contributed by atoms with E-state index in [9.17, 15) is 14.4 Å². The fraction of sp³-hybridized carbons (Fsp3) is 0.167. The van der Waals surface area contributed by atoms with E-state index in [0.29, 0.717) is 16.5 Å². The molecule has 1 aromatic heterocycles. The fourth-order valence-corrected chi connectivity index (χ4v) is 3.43. The molecule has 1 aliphatic rings. The van der Waals surface area contributed by atoms with Crippen LogP contribution in [0.4, 0.5) is 4.79 Å². The van der Waals surface area contributed by atoms with Crippen molar-refractivity contribution in [3.05, 3.63) is 52.1 Å². The number of methoxy groups -OCH3 is 1. The van der Waals surface area contributed by atoms with Crippen molar-refractivity contribution in [3.63, 3.8) is 0 Å². The largest absolute Gasteiger partial charge is 0.467 e. The van der Waals surface area contributed by atoms with Gasteiger partial charge in [0.2, 0.25) is 0 Å². The number of rotatable bonds is 4. The summed E-state index contributed by atoms with van der Waals surface area (Å²) in [4.78, 5) is 37.2. The van der Waals surface area contributed by atoms with E-state index < -0.39 is 23.2 Å². The standard InChI is InChI=1S/C18H14ClNO5S/c1-10(17(22)24-2)20-16(21)15(26-18(20)23)9-13-7-8-14(25-13)11-3-5-12(19)6-4-11/h3-10H,1-2H3/b15-9+/t10-/m0/s1. The highest BCUT2D eigenvalue weighted by Crippen LogP contribution is 2.34. The molecule has 2 heterocycles. The number of hydrogen-bond acceptors (Lipinski definition) is 6. The van der Waals surface area contributed by atoms with Crippen LogP contribution in [0.15, 0.2) is 45.7 Å². The minimum Gasteiger partial charge on any atom is -0.467 e. The minimum absolute atomic E-state index is 0.183. The van der Waals surface area contributed by atoms with Gasteiger partial charge in [0.25, 0.3) is 11.1 Å². The second-order valence-electron chi connectivity index (χ2n) is 5.46. The number of hydrogen-bond donors (Lipinski definition) is 0. The van der Waals surface area contributed by atoms with Crippen LogP contribution in [-0.2, 0) is 14.3 Å². The number of amides is 2. The number of halogens is 1.